The maximum absolute atomic E-state index is 12.6. The van der Waals surface area contributed by atoms with Crippen LogP contribution in [0, 0.1) is 24.2 Å². The summed E-state index contributed by atoms with van der Waals surface area (Å²) in [6.45, 7) is 5.29. The van der Waals surface area contributed by atoms with Crippen LogP contribution < -0.4 is 10.1 Å². The van der Waals surface area contributed by atoms with Gasteiger partial charge in [-0.1, -0.05) is 30.7 Å². The zero-order valence-electron chi connectivity index (χ0n) is 18.5. The van der Waals surface area contributed by atoms with Gasteiger partial charge in [-0.15, -0.1) is 0 Å². The molecule has 166 valence electrons. The summed E-state index contributed by atoms with van der Waals surface area (Å²) in [4.78, 5) is 26.8. The van der Waals surface area contributed by atoms with E-state index in [1.165, 1.54) is 11.8 Å². The average Bonchev–Trinajstić information content (AvgIpc) is 2.82. The summed E-state index contributed by atoms with van der Waals surface area (Å²) in [6.07, 6.45) is 7.88. The van der Waals surface area contributed by atoms with E-state index in [9.17, 15) is 4.79 Å². The molecule has 0 radical (unpaired) electrons. The number of benzene rings is 1. The highest BCUT2D eigenvalue weighted by atomic mass is 16.5. The number of anilines is 1. The van der Waals surface area contributed by atoms with Crippen molar-refractivity contribution in [3.05, 3.63) is 77.4 Å². The Hall–Kier alpha value is -4.25. The van der Waals surface area contributed by atoms with Crippen LogP contribution in [-0.2, 0) is 0 Å². The van der Waals surface area contributed by atoms with Gasteiger partial charge in [-0.05, 0) is 54.7 Å². The molecule has 1 saturated heterocycles. The van der Waals surface area contributed by atoms with Crippen molar-refractivity contribution in [2.24, 2.45) is 5.92 Å². The van der Waals surface area contributed by atoms with Gasteiger partial charge in [0.05, 0.1) is 11.9 Å². The highest BCUT2D eigenvalue weighted by molar-refractivity contribution is 5.89. The second kappa shape index (κ2) is 9.92. The molecule has 1 aliphatic heterocycles. The standard InChI is InChI=1S/C25H24N6O2/c1-17-13-28-24(29-14-17)33-23-5-3-4-19(11-23)10-20-8-9-31(16-18(20)2)25(32)30-22-7-6-21(12-26)27-15-22/h3-7,10-11,13-15,18H,8-9,16H2,1-2H3,(H,30,32)/b20-10+. The van der Waals surface area contributed by atoms with Gasteiger partial charge in [0.25, 0.3) is 0 Å². The molecule has 0 saturated carbocycles. The van der Waals surface area contributed by atoms with Gasteiger partial charge in [-0.3, -0.25) is 0 Å². The highest BCUT2D eigenvalue weighted by Crippen LogP contribution is 2.27. The van der Waals surface area contributed by atoms with Gasteiger partial charge >= 0.3 is 12.0 Å². The smallest absolute Gasteiger partial charge is 0.321 e. The lowest BCUT2D eigenvalue weighted by atomic mass is 9.91. The number of hydrogen-bond donors (Lipinski definition) is 1. The number of nitrogens with one attached hydrogen (secondary N) is 1. The topological polar surface area (TPSA) is 104 Å². The zero-order chi connectivity index (χ0) is 23.2. The van der Waals surface area contributed by atoms with Crippen LogP contribution in [-0.4, -0.2) is 39.0 Å². The first-order valence-electron chi connectivity index (χ1n) is 10.7. The lowest BCUT2D eigenvalue weighted by Crippen LogP contribution is -2.42. The number of likely N-dealkylation sites (tertiary alicyclic amines) is 1. The number of urea groups is 1. The fourth-order valence-electron chi connectivity index (χ4n) is 3.61. The number of piperidine rings is 1. The van der Waals surface area contributed by atoms with Crippen molar-refractivity contribution < 1.29 is 9.53 Å². The Labute approximate surface area is 192 Å². The van der Waals surface area contributed by atoms with E-state index in [0.29, 0.717) is 36.2 Å². The molecule has 1 atom stereocenters. The molecule has 1 fully saturated rings. The van der Waals surface area contributed by atoms with Gasteiger partial charge < -0.3 is 15.0 Å². The average molecular weight is 441 g/mol. The van der Waals surface area contributed by atoms with Crippen LogP contribution >= 0.6 is 0 Å². The Bertz CT molecular complexity index is 1200. The van der Waals surface area contributed by atoms with Crippen molar-refractivity contribution in [3.63, 3.8) is 0 Å². The fraction of sp³-hybridized carbons (Fsp3) is 0.240. The zero-order valence-corrected chi connectivity index (χ0v) is 18.5. The SMILES string of the molecule is Cc1cnc(Oc2cccc(/C=C3\CCN(C(=O)Nc4ccc(C#N)nc4)CC3C)c2)nc1. The van der Waals surface area contributed by atoms with Crippen molar-refractivity contribution in [3.8, 4) is 17.8 Å². The third kappa shape index (κ3) is 5.71. The van der Waals surface area contributed by atoms with E-state index in [0.717, 1.165) is 17.5 Å². The molecule has 1 aliphatic rings. The minimum absolute atomic E-state index is 0.166. The van der Waals surface area contributed by atoms with Crippen LogP contribution in [0.25, 0.3) is 6.08 Å². The van der Waals surface area contributed by atoms with E-state index < -0.39 is 0 Å². The van der Waals surface area contributed by atoms with Gasteiger partial charge in [-0.2, -0.15) is 5.26 Å². The predicted molar refractivity (Wildman–Crippen MR) is 125 cm³/mol. The van der Waals surface area contributed by atoms with E-state index in [1.54, 1.807) is 29.4 Å². The first-order chi connectivity index (χ1) is 16.0. The minimum atomic E-state index is -0.166. The Morgan fingerprint density at radius 2 is 2.03 bits per heavy atom. The summed E-state index contributed by atoms with van der Waals surface area (Å²) in [7, 11) is 0. The lowest BCUT2D eigenvalue weighted by molar-refractivity contribution is 0.198. The number of nitriles is 1. The first kappa shape index (κ1) is 22.0. The Kier molecular flexibility index (Phi) is 6.60. The molecule has 2 amide bonds. The second-order valence-corrected chi connectivity index (χ2v) is 8.01. The molecule has 33 heavy (non-hydrogen) atoms. The Morgan fingerprint density at radius 1 is 1.21 bits per heavy atom. The van der Waals surface area contributed by atoms with Crippen molar-refractivity contribution >= 4 is 17.8 Å². The number of nitrogens with zero attached hydrogens (tertiary/aromatic N) is 5. The second-order valence-electron chi connectivity index (χ2n) is 8.01. The Balaban J connectivity index is 1.38. The van der Waals surface area contributed by atoms with Gasteiger partial charge in [0, 0.05) is 25.5 Å². The van der Waals surface area contributed by atoms with E-state index in [1.807, 2.05) is 37.3 Å². The van der Waals surface area contributed by atoms with Crippen LogP contribution in [0.5, 0.6) is 11.8 Å². The van der Waals surface area contributed by atoms with E-state index in [4.69, 9.17) is 10.00 Å². The van der Waals surface area contributed by atoms with Crippen LogP contribution in [0.4, 0.5) is 10.5 Å². The molecule has 4 rings (SSSR count). The van der Waals surface area contributed by atoms with Crippen LogP contribution in [0.3, 0.4) is 0 Å². The maximum Gasteiger partial charge on any atom is 0.321 e. The van der Waals surface area contributed by atoms with E-state index in [-0.39, 0.29) is 11.9 Å². The van der Waals surface area contributed by atoms with Crippen molar-refractivity contribution in [1.29, 1.82) is 5.26 Å². The monoisotopic (exact) mass is 440 g/mol. The number of amides is 2. The van der Waals surface area contributed by atoms with Crippen molar-refractivity contribution in [2.45, 2.75) is 20.3 Å². The third-order valence-electron chi connectivity index (χ3n) is 5.39. The van der Waals surface area contributed by atoms with Gasteiger partial charge in [0.1, 0.15) is 17.5 Å². The van der Waals surface area contributed by atoms with Crippen molar-refractivity contribution in [2.75, 3.05) is 18.4 Å². The summed E-state index contributed by atoms with van der Waals surface area (Å²) in [6, 6.07) is 13.2. The molecule has 3 heterocycles. The molecule has 8 heteroatoms. The minimum Gasteiger partial charge on any atom is -0.424 e. The number of hydrogen-bond acceptors (Lipinski definition) is 6. The van der Waals surface area contributed by atoms with E-state index >= 15 is 0 Å². The van der Waals surface area contributed by atoms with Crippen LogP contribution in [0.1, 0.15) is 30.2 Å². The molecule has 2 aromatic heterocycles. The van der Waals surface area contributed by atoms with E-state index in [2.05, 4.69) is 33.3 Å². The number of aromatic nitrogens is 3. The molecule has 1 aromatic carbocycles. The summed E-state index contributed by atoms with van der Waals surface area (Å²) in [5.41, 5.74) is 4.17. The molecule has 1 N–H and O–H groups in total. The number of aryl methyl sites for hydroxylation is 1. The molecule has 0 aliphatic carbocycles. The summed E-state index contributed by atoms with van der Waals surface area (Å²) < 4.78 is 5.77. The molecule has 0 spiro atoms. The molecule has 1 unspecified atom stereocenters. The van der Waals surface area contributed by atoms with Crippen molar-refractivity contribution in [1.82, 2.24) is 19.9 Å². The van der Waals surface area contributed by atoms with Gasteiger partial charge in [-0.25, -0.2) is 19.7 Å². The molecule has 3 aromatic rings. The summed E-state index contributed by atoms with van der Waals surface area (Å²) >= 11 is 0. The first-order valence-corrected chi connectivity index (χ1v) is 10.7. The molecular weight excluding hydrogens is 416 g/mol. The van der Waals surface area contributed by atoms with Crippen LogP contribution in [0.15, 0.2) is 60.6 Å². The maximum atomic E-state index is 12.6. The fourth-order valence-corrected chi connectivity index (χ4v) is 3.61. The lowest BCUT2D eigenvalue weighted by Gasteiger charge is -2.33. The van der Waals surface area contributed by atoms with Crippen LogP contribution in [0.2, 0.25) is 0 Å². The molecule has 0 bridgehead atoms. The third-order valence-corrected chi connectivity index (χ3v) is 5.39. The predicted octanol–water partition coefficient (Wildman–Crippen LogP) is 4.80. The highest BCUT2D eigenvalue weighted by Gasteiger charge is 2.24. The number of pyridine rings is 1. The number of carbonyl (C=O) groups excluding carboxylic acids is 1. The van der Waals surface area contributed by atoms with Gasteiger partial charge in [0.2, 0.25) is 0 Å². The number of carbonyl (C=O) groups is 1. The normalized spacial score (nSPS) is 16.8. The molecule has 8 nitrogen and oxygen atoms in total. The Morgan fingerprint density at radius 3 is 2.73 bits per heavy atom. The largest absolute Gasteiger partial charge is 0.424 e. The number of rotatable bonds is 4. The molecular formula is C25H24N6O2. The van der Waals surface area contributed by atoms with Gasteiger partial charge in [0.15, 0.2) is 0 Å². The number of ether oxygens (including phenoxy) is 1. The quantitative estimate of drug-likeness (QED) is 0.625. The summed E-state index contributed by atoms with van der Waals surface area (Å²) in [5, 5.41) is 11.7. The summed E-state index contributed by atoms with van der Waals surface area (Å²) in [5.74, 6) is 0.891.